The van der Waals surface area contributed by atoms with Gasteiger partial charge in [-0.3, -0.25) is 4.90 Å². The van der Waals surface area contributed by atoms with E-state index in [1.165, 1.54) is 13.0 Å². The fourth-order valence-electron chi connectivity index (χ4n) is 2.53. The summed E-state index contributed by atoms with van der Waals surface area (Å²) < 4.78 is 0. The molecule has 1 aromatic rings. The summed E-state index contributed by atoms with van der Waals surface area (Å²) in [4.78, 5) is 4.86. The fraction of sp³-hybridized carbons (Fsp3) is 0.733. The molecule has 2 rings (SSSR count). The predicted molar refractivity (Wildman–Crippen MR) is 83.0 cm³/mol. The van der Waals surface area contributed by atoms with Crippen LogP contribution >= 0.6 is 0 Å². The van der Waals surface area contributed by atoms with Gasteiger partial charge in [-0.25, -0.2) is 0 Å². The zero-order chi connectivity index (χ0) is 14.2. The van der Waals surface area contributed by atoms with Gasteiger partial charge in [-0.1, -0.05) is 13.8 Å². The molecule has 0 radical (unpaired) electrons. The smallest absolute Gasteiger partial charge is 0.151 e. The van der Waals surface area contributed by atoms with Crippen LogP contribution in [0.5, 0.6) is 0 Å². The lowest BCUT2D eigenvalue weighted by molar-refractivity contribution is 0.258. The lowest BCUT2D eigenvalue weighted by atomic mass is 10.3. The minimum atomic E-state index is 0.811. The van der Waals surface area contributed by atoms with Crippen molar-refractivity contribution < 1.29 is 0 Å². The largest absolute Gasteiger partial charge is 0.353 e. The molecule has 0 aliphatic carbocycles. The summed E-state index contributed by atoms with van der Waals surface area (Å²) >= 11 is 0. The third kappa shape index (κ3) is 4.42. The first-order valence-electron chi connectivity index (χ1n) is 7.84. The first-order valence-corrected chi connectivity index (χ1v) is 7.84. The van der Waals surface area contributed by atoms with E-state index < -0.39 is 0 Å². The Labute approximate surface area is 122 Å². The number of hydrogen-bond acceptors (Lipinski definition) is 5. The number of hydrogen-bond donors (Lipinski definition) is 1. The SMILES string of the molecule is CCCNCc1ccc(N2CCN(CCC)CC2)nn1. The van der Waals surface area contributed by atoms with E-state index in [0.29, 0.717) is 0 Å². The van der Waals surface area contributed by atoms with Crippen LogP contribution in [0.3, 0.4) is 0 Å². The number of nitrogens with one attached hydrogen (secondary N) is 1. The van der Waals surface area contributed by atoms with Crippen molar-refractivity contribution >= 4 is 5.82 Å². The maximum Gasteiger partial charge on any atom is 0.151 e. The number of rotatable bonds is 7. The molecule has 1 aromatic heterocycles. The van der Waals surface area contributed by atoms with Crippen molar-refractivity contribution in [3.8, 4) is 0 Å². The molecule has 0 spiro atoms. The van der Waals surface area contributed by atoms with Crippen LogP contribution in [-0.4, -0.2) is 54.4 Å². The van der Waals surface area contributed by atoms with Crippen molar-refractivity contribution in [2.24, 2.45) is 0 Å². The molecule has 0 aromatic carbocycles. The van der Waals surface area contributed by atoms with Gasteiger partial charge in [0, 0.05) is 32.7 Å². The predicted octanol–water partition coefficient (Wildman–Crippen LogP) is 1.51. The van der Waals surface area contributed by atoms with E-state index in [-0.39, 0.29) is 0 Å². The Bertz CT molecular complexity index is 370. The molecule has 1 aliphatic heterocycles. The van der Waals surface area contributed by atoms with E-state index in [1.807, 2.05) is 0 Å². The highest BCUT2D eigenvalue weighted by molar-refractivity contribution is 5.37. The number of anilines is 1. The summed E-state index contributed by atoms with van der Waals surface area (Å²) in [5.74, 6) is 1.01. The van der Waals surface area contributed by atoms with Gasteiger partial charge in [0.15, 0.2) is 5.82 Å². The average molecular weight is 277 g/mol. The summed E-state index contributed by atoms with van der Waals surface area (Å²) in [5.41, 5.74) is 1.02. The van der Waals surface area contributed by atoms with Gasteiger partial charge in [-0.15, -0.1) is 5.10 Å². The zero-order valence-electron chi connectivity index (χ0n) is 12.8. The molecule has 0 bridgehead atoms. The summed E-state index contributed by atoms with van der Waals surface area (Å²) in [5, 5.41) is 12.0. The third-order valence-corrected chi connectivity index (χ3v) is 3.67. The van der Waals surface area contributed by atoms with Crippen LogP contribution in [0, 0.1) is 0 Å². The molecule has 5 heteroatoms. The molecule has 1 fully saturated rings. The summed E-state index contributed by atoms with van der Waals surface area (Å²) in [6.45, 7) is 11.8. The maximum absolute atomic E-state index is 4.37. The van der Waals surface area contributed by atoms with Crippen LogP contribution < -0.4 is 10.2 Å². The van der Waals surface area contributed by atoms with Gasteiger partial charge < -0.3 is 10.2 Å². The van der Waals surface area contributed by atoms with Gasteiger partial charge in [-0.2, -0.15) is 5.10 Å². The Kier molecular flexibility index (Phi) is 6.21. The van der Waals surface area contributed by atoms with Gasteiger partial charge >= 0.3 is 0 Å². The summed E-state index contributed by atoms with van der Waals surface area (Å²) in [6.07, 6.45) is 2.38. The quantitative estimate of drug-likeness (QED) is 0.765. The van der Waals surface area contributed by atoms with Crippen molar-refractivity contribution in [3.63, 3.8) is 0 Å². The standard InChI is InChI=1S/C15H27N5/c1-3-7-16-13-14-5-6-15(18-17-14)20-11-9-19(8-4-2)10-12-20/h5-6,16H,3-4,7-13H2,1-2H3. The Morgan fingerprint density at radius 1 is 1.05 bits per heavy atom. The van der Waals surface area contributed by atoms with Gasteiger partial charge in [0.05, 0.1) is 5.69 Å². The molecule has 1 N–H and O–H groups in total. The van der Waals surface area contributed by atoms with Crippen LogP contribution in [0.1, 0.15) is 32.4 Å². The van der Waals surface area contributed by atoms with Crippen molar-refractivity contribution in [2.45, 2.75) is 33.2 Å². The van der Waals surface area contributed by atoms with E-state index >= 15 is 0 Å². The molecular formula is C15H27N5. The van der Waals surface area contributed by atoms with Crippen molar-refractivity contribution in [1.82, 2.24) is 20.4 Å². The van der Waals surface area contributed by atoms with Gasteiger partial charge in [0.2, 0.25) is 0 Å². The highest BCUT2D eigenvalue weighted by Crippen LogP contribution is 2.12. The first-order chi connectivity index (χ1) is 9.83. The second kappa shape index (κ2) is 8.17. The highest BCUT2D eigenvalue weighted by atomic mass is 15.3. The van der Waals surface area contributed by atoms with Crippen molar-refractivity contribution in [3.05, 3.63) is 17.8 Å². The zero-order valence-corrected chi connectivity index (χ0v) is 12.8. The molecule has 0 amide bonds. The van der Waals surface area contributed by atoms with Crippen molar-refractivity contribution in [2.75, 3.05) is 44.2 Å². The molecule has 0 saturated carbocycles. The maximum atomic E-state index is 4.37. The van der Waals surface area contributed by atoms with Crippen LogP contribution in [0.4, 0.5) is 5.82 Å². The Morgan fingerprint density at radius 3 is 2.45 bits per heavy atom. The van der Waals surface area contributed by atoms with Gasteiger partial charge in [0.25, 0.3) is 0 Å². The molecule has 0 unspecified atom stereocenters. The molecule has 0 atom stereocenters. The average Bonchev–Trinajstić information content (AvgIpc) is 2.49. The van der Waals surface area contributed by atoms with Crippen LogP contribution in [-0.2, 0) is 6.54 Å². The summed E-state index contributed by atoms with van der Waals surface area (Å²) in [6, 6.07) is 4.19. The van der Waals surface area contributed by atoms with E-state index in [9.17, 15) is 0 Å². The van der Waals surface area contributed by atoms with E-state index in [1.54, 1.807) is 0 Å². The van der Waals surface area contributed by atoms with Crippen LogP contribution in [0.15, 0.2) is 12.1 Å². The fourth-order valence-corrected chi connectivity index (χ4v) is 2.53. The van der Waals surface area contributed by atoms with Gasteiger partial charge in [0.1, 0.15) is 0 Å². The Morgan fingerprint density at radius 2 is 1.85 bits per heavy atom. The lowest BCUT2D eigenvalue weighted by Crippen LogP contribution is -2.46. The second-order valence-corrected chi connectivity index (χ2v) is 5.39. The highest BCUT2D eigenvalue weighted by Gasteiger charge is 2.17. The minimum Gasteiger partial charge on any atom is -0.353 e. The third-order valence-electron chi connectivity index (χ3n) is 3.67. The molecule has 1 aliphatic rings. The van der Waals surface area contributed by atoms with Gasteiger partial charge in [-0.05, 0) is 38.1 Å². The normalized spacial score (nSPS) is 16.6. The van der Waals surface area contributed by atoms with Crippen molar-refractivity contribution in [1.29, 1.82) is 0 Å². The molecule has 1 saturated heterocycles. The first kappa shape index (κ1) is 15.2. The van der Waals surface area contributed by atoms with E-state index in [2.05, 4.69) is 51.3 Å². The van der Waals surface area contributed by atoms with Crippen LogP contribution in [0.2, 0.25) is 0 Å². The van der Waals surface area contributed by atoms with E-state index in [4.69, 9.17) is 0 Å². The monoisotopic (exact) mass is 277 g/mol. The Balaban J connectivity index is 1.81. The van der Waals surface area contributed by atoms with Crippen LogP contribution in [0.25, 0.3) is 0 Å². The lowest BCUT2D eigenvalue weighted by Gasteiger charge is -2.34. The van der Waals surface area contributed by atoms with E-state index in [0.717, 1.165) is 57.2 Å². The molecular weight excluding hydrogens is 250 g/mol. The molecule has 5 nitrogen and oxygen atoms in total. The molecule has 20 heavy (non-hydrogen) atoms. The number of piperazine rings is 1. The Hall–Kier alpha value is -1.20. The second-order valence-electron chi connectivity index (χ2n) is 5.39. The summed E-state index contributed by atoms with van der Waals surface area (Å²) in [7, 11) is 0. The minimum absolute atomic E-state index is 0.811. The topological polar surface area (TPSA) is 44.3 Å². The molecule has 2 heterocycles. The molecule has 112 valence electrons. The number of aromatic nitrogens is 2. The number of nitrogens with zero attached hydrogens (tertiary/aromatic N) is 4.